The van der Waals surface area contributed by atoms with Crippen LogP contribution in [-0.2, 0) is 16.6 Å². The van der Waals surface area contributed by atoms with Crippen LogP contribution in [0.15, 0.2) is 36.7 Å². The van der Waals surface area contributed by atoms with E-state index in [0.29, 0.717) is 12.1 Å². The molecule has 1 aliphatic heterocycles. The Morgan fingerprint density at radius 2 is 1.94 bits per heavy atom. The lowest BCUT2D eigenvalue weighted by atomic mass is 10.1. The minimum Gasteiger partial charge on any atom is -0.336 e. The van der Waals surface area contributed by atoms with Crippen LogP contribution < -0.4 is 5.32 Å². The van der Waals surface area contributed by atoms with Crippen molar-refractivity contribution in [3.8, 4) is 0 Å². The van der Waals surface area contributed by atoms with Crippen LogP contribution in [0.2, 0.25) is 0 Å². The fourth-order valence-corrected chi connectivity index (χ4v) is 5.74. The van der Waals surface area contributed by atoms with Gasteiger partial charge >= 0.3 is 0 Å². The molecule has 11 heteroatoms. The monoisotopic (exact) mass is 508 g/mol. The molecule has 0 fully saturated rings. The number of hydrogen-bond acceptors (Lipinski definition) is 7. The first-order valence-corrected chi connectivity index (χ1v) is 13.5. The maximum Gasteiger partial charge on any atom is 0.238 e. The van der Waals surface area contributed by atoms with Gasteiger partial charge in [0.2, 0.25) is 10.0 Å². The molecule has 0 saturated heterocycles. The van der Waals surface area contributed by atoms with Gasteiger partial charge in [-0.3, -0.25) is 9.67 Å². The number of aromatic nitrogens is 5. The number of hydrogen-bond donors (Lipinski definition) is 2. The van der Waals surface area contributed by atoms with Crippen molar-refractivity contribution in [1.29, 1.82) is 0 Å². The normalized spacial score (nSPS) is 16.0. The molecule has 4 aromatic rings. The molecule has 0 aliphatic carbocycles. The number of aryl methyl sites for hydroxylation is 2. The van der Waals surface area contributed by atoms with Crippen molar-refractivity contribution in [2.45, 2.75) is 33.6 Å². The Morgan fingerprint density at radius 1 is 1.17 bits per heavy atom. The van der Waals surface area contributed by atoms with Crippen molar-refractivity contribution in [2.24, 2.45) is 0 Å². The van der Waals surface area contributed by atoms with Gasteiger partial charge in [0, 0.05) is 54.8 Å². The third-order valence-corrected chi connectivity index (χ3v) is 8.07. The van der Waals surface area contributed by atoms with Gasteiger partial charge in [0.05, 0.1) is 22.7 Å². The predicted molar refractivity (Wildman–Crippen MR) is 143 cm³/mol. The summed E-state index contributed by atoms with van der Waals surface area (Å²) in [6.45, 7) is 6.25. The first kappa shape index (κ1) is 24.1. The summed E-state index contributed by atoms with van der Waals surface area (Å²) in [5, 5.41) is 11.7. The van der Waals surface area contributed by atoms with E-state index >= 15 is 0 Å². The lowest BCUT2D eigenvalue weighted by Crippen LogP contribution is -2.36. The summed E-state index contributed by atoms with van der Waals surface area (Å²) in [4.78, 5) is 8.87. The molecule has 10 nitrogen and oxygen atoms in total. The van der Waals surface area contributed by atoms with E-state index in [4.69, 9.17) is 4.98 Å². The van der Waals surface area contributed by atoms with Crippen LogP contribution in [0.1, 0.15) is 41.6 Å². The van der Waals surface area contributed by atoms with Gasteiger partial charge in [-0.1, -0.05) is 12.1 Å². The van der Waals surface area contributed by atoms with Crippen LogP contribution in [-0.4, -0.2) is 68.8 Å². The highest BCUT2D eigenvalue weighted by molar-refractivity contribution is 7.90. The number of H-pyrrole nitrogens is 1. The molecule has 1 aromatic carbocycles. The predicted octanol–water partition coefficient (Wildman–Crippen LogP) is 3.45. The highest BCUT2D eigenvalue weighted by Crippen LogP contribution is 2.35. The molecule has 0 bridgehead atoms. The molecule has 4 heterocycles. The van der Waals surface area contributed by atoms with Gasteiger partial charge in [-0.25, -0.2) is 17.4 Å². The van der Waals surface area contributed by atoms with E-state index in [9.17, 15) is 8.42 Å². The molecule has 0 amide bonds. The van der Waals surface area contributed by atoms with Crippen molar-refractivity contribution in [2.75, 3.05) is 32.2 Å². The van der Waals surface area contributed by atoms with E-state index in [1.807, 2.05) is 76.4 Å². The fraction of sp³-hybridized carbons (Fsp3) is 0.360. The summed E-state index contributed by atoms with van der Waals surface area (Å²) in [7, 11) is 2.49. The topological polar surface area (TPSA) is 104 Å². The molecule has 2 N–H and O–H groups in total. The summed E-state index contributed by atoms with van der Waals surface area (Å²) < 4.78 is 29.5. The van der Waals surface area contributed by atoms with Gasteiger partial charge in [0.25, 0.3) is 0 Å². The van der Waals surface area contributed by atoms with Crippen LogP contribution in [0.5, 0.6) is 0 Å². The summed E-state index contributed by atoms with van der Waals surface area (Å²) in [5.41, 5.74) is 5.36. The van der Waals surface area contributed by atoms with Crippen LogP contribution in [0.4, 0.5) is 5.82 Å². The van der Waals surface area contributed by atoms with Gasteiger partial charge < -0.3 is 15.1 Å². The molecular weight excluding hydrogens is 476 g/mol. The average Bonchev–Trinajstić information content (AvgIpc) is 3.51. The minimum atomic E-state index is -3.47. The molecule has 1 aliphatic rings. The molecule has 1 unspecified atom stereocenters. The van der Waals surface area contributed by atoms with Gasteiger partial charge in [0.15, 0.2) is 12.1 Å². The molecule has 3 aromatic heterocycles. The summed E-state index contributed by atoms with van der Waals surface area (Å²) in [6.07, 6.45) is 5.53. The first-order valence-electron chi connectivity index (χ1n) is 11.9. The maximum absolute atomic E-state index is 13.0. The molecule has 0 saturated carbocycles. The second-order valence-corrected chi connectivity index (χ2v) is 11.7. The second-order valence-electron chi connectivity index (χ2n) is 9.56. The zero-order valence-electron chi connectivity index (χ0n) is 21.4. The van der Waals surface area contributed by atoms with E-state index in [0.717, 1.165) is 45.2 Å². The first-order chi connectivity index (χ1) is 17.1. The van der Waals surface area contributed by atoms with Crippen LogP contribution in [0, 0.1) is 13.8 Å². The summed E-state index contributed by atoms with van der Waals surface area (Å²) >= 11 is 0. The number of rotatable bonds is 7. The molecular formula is C25H32N8O2S. The van der Waals surface area contributed by atoms with Crippen LogP contribution in [0.25, 0.3) is 22.7 Å². The van der Waals surface area contributed by atoms with Gasteiger partial charge in [-0.2, -0.15) is 5.10 Å². The van der Waals surface area contributed by atoms with Crippen molar-refractivity contribution in [3.63, 3.8) is 0 Å². The minimum absolute atomic E-state index is 0.0246. The zero-order valence-corrected chi connectivity index (χ0v) is 22.3. The number of nitrogens with one attached hydrogen (secondary N) is 2. The van der Waals surface area contributed by atoms with E-state index in [1.54, 1.807) is 13.1 Å². The number of imidazole rings is 1. The van der Waals surface area contributed by atoms with E-state index in [-0.39, 0.29) is 12.0 Å². The number of benzene rings is 1. The number of aromatic amines is 1. The Kier molecular flexibility index (Phi) is 5.92. The Labute approximate surface area is 211 Å². The SMILES string of the molecule is CCS(=O)(=O)n1cc(CN(C)C)c2ccc(C3=Cc4nc(C)cn4C(Nc4cc(C)[nH]n4)N3C)cc21. The van der Waals surface area contributed by atoms with Crippen LogP contribution >= 0.6 is 0 Å². The van der Waals surface area contributed by atoms with Gasteiger partial charge in [0.1, 0.15) is 5.82 Å². The Hall–Kier alpha value is -3.57. The molecule has 0 spiro atoms. The zero-order chi connectivity index (χ0) is 25.8. The molecule has 36 heavy (non-hydrogen) atoms. The largest absolute Gasteiger partial charge is 0.336 e. The van der Waals surface area contributed by atoms with Crippen molar-refractivity contribution >= 4 is 38.5 Å². The van der Waals surface area contributed by atoms with Gasteiger partial charge in [-0.05, 0) is 46.5 Å². The summed E-state index contributed by atoms with van der Waals surface area (Å²) in [6, 6.07) is 7.99. The van der Waals surface area contributed by atoms with Gasteiger partial charge in [-0.15, -0.1) is 0 Å². The van der Waals surface area contributed by atoms with E-state index in [1.165, 1.54) is 3.97 Å². The Balaban J connectivity index is 1.64. The number of anilines is 1. The van der Waals surface area contributed by atoms with E-state index < -0.39 is 10.0 Å². The highest BCUT2D eigenvalue weighted by Gasteiger charge is 2.28. The molecule has 0 radical (unpaired) electrons. The lowest BCUT2D eigenvalue weighted by Gasteiger charge is -2.37. The molecule has 5 rings (SSSR count). The highest BCUT2D eigenvalue weighted by atomic mass is 32.2. The molecule has 190 valence electrons. The van der Waals surface area contributed by atoms with Crippen molar-refractivity contribution < 1.29 is 8.42 Å². The maximum atomic E-state index is 13.0. The quantitative estimate of drug-likeness (QED) is 0.394. The fourth-order valence-electron chi connectivity index (χ4n) is 4.72. The Bertz CT molecular complexity index is 1570. The third kappa shape index (κ3) is 4.18. The third-order valence-electron chi connectivity index (χ3n) is 6.44. The lowest BCUT2D eigenvalue weighted by molar-refractivity contribution is 0.287. The van der Waals surface area contributed by atoms with Crippen LogP contribution in [0.3, 0.4) is 0 Å². The van der Waals surface area contributed by atoms with Crippen molar-refractivity contribution in [1.82, 2.24) is 33.5 Å². The standard InChI is InChI=1S/C25H32N8O2S/c1-7-36(34,35)33-15-19(14-30(4)5)20-9-8-18(11-22(20)33)21-12-24-26-17(3)13-32(24)25(31(21)6)27-23-10-16(2)28-29-23/h8-13,15,25H,7,14H2,1-6H3,(H2,27,28,29). The number of fused-ring (bicyclic) bond motifs is 2. The van der Waals surface area contributed by atoms with E-state index in [2.05, 4.69) is 25.0 Å². The van der Waals surface area contributed by atoms with Crippen molar-refractivity contribution in [3.05, 3.63) is 65.0 Å². The summed E-state index contributed by atoms with van der Waals surface area (Å²) in [5.74, 6) is 1.57. The Morgan fingerprint density at radius 3 is 2.61 bits per heavy atom. The molecule has 1 atom stereocenters. The second kappa shape index (κ2) is 8.82. The smallest absolute Gasteiger partial charge is 0.238 e. The average molecular weight is 509 g/mol. The number of nitrogens with zero attached hydrogens (tertiary/aromatic N) is 6.